The Labute approximate surface area is 179 Å². The van der Waals surface area contributed by atoms with E-state index in [4.69, 9.17) is 4.74 Å². The van der Waals surface area contributed by atoms with Gasteiger partial charge in [-0.15, -0.1) is 11.3 Å². The highest BCUT2D eigenvalue weighted by Gasteiger charge is 2.24. The standard InChI is InChI=1S/C22H25N3O2S2/c1-27-19-6-4-5-16(11-19)20(25-8-2-3-9-25)13-23-21(26)12-18-15-29-22(24-18)17-7-10-28-14-17/h4-7,10-11,14-15,20H,2-3,8-9,12-13H2,1H3,(H,23,26). The van der Waals surface area contributed by atoms with Gasteiger partial charge in [0.25, 0.3) is 0 Å². The van der Waals surface area contributed by atoms with Gasteiger partial charge in [-0.2, -0.15) is 11.3 Å². The summed E-state index contributed by atoms with van der Waals surface area (Å²) in [5, 5.41) is 10.2. The van der Waals surface area contributed by atoms with Crippen LogP contribution in [0.5, 0.6) is 5.75 Å². The van der Waals surface area contributed by atoms with E-state index in [0.717, 1.165) is 35.1 Å². The molecule has 1 N–H and O–H groups in total. The van der Waals surface area contributed by atoms with E-state index >= 15 is 0 Å². The van der Waals surface area contributed by atoms with Crippen molar-refractivity contribution < 1.29 is 9.53 Å². The molecule has 3 heterocycles. The van der Waals surface area contributed by atoms with Crippen LogP contribution in [0.1, 0.15) is 30.1 Å². The molecule has 1 unspecified atom stereocenters. The Bertz CT molecular complexity index is 933. The van der Waals surface area contributed by atoms with Gasteiger partial charge in [0.2, 0.25) is 5.91 Å². The minimum Gasteiger partial charge on any atom is -0.497 e. The third-order valence-corrected chi connectivity index (χ3v) is 6.84. The van der Waals surface area contributed by atoms with E-state index in [9.17, 15) is 4.79 Å². The molecular weight excluding hydrogens is 402 g/mol. The van der Waals surface area contributed by atoms with Crippen LogP contribution >= 0.6 is 22.7 Å². The molecule has 1 amide bonds. The van der Waals surface area contributed by atoms with Gasteiger partial charge < -0.3 is 10.1 Å². The molecule has 1 atom stereocenters. The van der Waals surface area contributed by atoms with E-state index in [1.165, 1.54) is 18.4 Å². The molecule has 4 rings (SSSR count). The van der Waals surface area contributed by atoms with Crippen molar-refractivity contribution >= 4 is 28.6 Å². The second kappa shape index (κ2) is 9.52. The Morgan fingerprint density at radius 3 is 2.90 bits per heavy atom. The van der Waals surface area contributed by atoms with E-state index in [0.29, 0.717) is 13.0 Å². The van der Waals surface area contributed by atoms with E-state index < -0.39 is 0 Å². The zero-order valence-corrected chi connectivity index (χ0v) is 18.1. The largest absolute Gasteiger partial charge is 0.497 e. The van der Waals surface area contributed by atoms with Crippen molar-refractivity contribution in [1.82, 2.24) is 15.2 Å². The van der Waals surface area contributed by atoms with Gasteiger partial charge in [0.15, 0.2) is 0 Å². The molecule has 1 aliphatic heterocycles. The molecule has 7 heteroatoms. The Balaban J connectivity index is 1.39. The van der Waals surface area contributed by atoms with Crippen molar-refractivity contribution in [2.45, 2.75) is 25.3 Å². The average Bonchev–Trinajstić information content (AvgIpc) is 3.50. The Kier molecular flexibility index (Phi) is 6.59. The number of thiazole rings is 1. The number of nitrogens with zero attached hydrogens (tertiary/aromatic N) is 2. The summed E-state index contributed by atoms with van der Waals surface area (Å²) in [6, 6.07) is 10.4. The first-order valence-electron chi connectivity index (χ1n) is 9.84. The third kappa shape index (κ3) is 5.04. The molecule has 152 valence electrons. The van der Waals surface area contributed by atoms with Gasteiger partial charge in [-0.1, -0.05) is 12.1 Å². The smallest absolute Gasteiger partial charge is 0.226 e. The third-order valence-electron chi connectivity index (χ3n) is 5.21. The summed E-state index contributed by atoms with van der Waals surface area (Å²) in [5.74, 6) is 0.862. The Morgan fingerprint density at radius 1 is 1.28 bits per heavy atom. The van der Waals surface area contributed by atoms with E-state index in [2.05, 4.69) is 38.8 Å². The molecule has 1 aromatic carbocycles. The topological polar surface area (TPSA) is 54.5 Å². The van der Waals surface area contributed by atoms with Gasteiger partial charge in [0, 0.05) is 22.9 Å². The number of carbonyl (C=O) groups excluding carboxylic acids is 1. The van der Waals surface area contributed by atoms with Crippen molar-refractivity contribution in [3.05, 3.63) is 57.7 Å². The maximum absolute atomic E-state index is 12.6. The van der Waals surface area contributed by atoms with Crippen LogP contribution in [-0.2, 0) is 11.2 Å². The normalized spacial score (nSPS) is 15.3. The fourth-order valence-electron chi connectivity index (χ4n) is 3.70. The predicted octanol–water partition coefficient (Wildman–Crippen LogP) is 4.38. The summed E-state index contributed by atoms with van der Waals surface area (Å²) >= 11 is 3.24. The quantitative estimate of drug-likeness (QED) is 0.580. The van der Waals surface area contributed by atoms with Crippen molar-refractivity contribution in [3.8, 4) is 16.3 Å². The number of amides is 1. The molecule has 1 saturated heterocycles. The first-order valence-corrected chi connectivity index (χ1v) is 11.7. The van der Waals surface area contributed by atoms with Crippen LogP contribution in [0.4, 0.5) is 0 Å². The number of methoxy groups -OCH3 is 1. The van der Waals surface area contributed by atoms with Crippen LogP contribution in [0.25, 0.3) is 10.6 Å². The van der Waals surface area contributed by atoms with Crippen molar-refractivity contribution in [1.29, 1.82) is 0 Å². The zero-order valence-electron chi connectivity index (χ0n) is 16.5. The van der Waals surface area contributed by atoms with Gasteiger partial charge >= 0.3 is 0 Å². The number of aromatic nitrogens is 1. The fraction of sp³-hybridized carbons (Fsp3) is 0.364. The fourth-order valence-corrected chi connectivity index (χ4v) is 5.24. The molecular formula is C22H25N3O2S2. The molecule has 2 aromatic heterocycles. The second-order valence-electron chi connectivity index (χ2n) is 7.17. The first-order chi connectivity index (χ1) is 14.2. The lowest BCUT2D eigenvalue weighted by Gasteiger charge is -2.28. The van der Waals surface area contributed by atoms with Crippen LogP contribution in [-0.4, -0.2) is 42.5 Å². The summed E-state index contributed by atoms with van der Waals surface area (Å²) < 4.78 is 5.39. The molecule has 1 fully saturated rings. The van der Waals surface area contributed by atoms with Gasteiger partial charge in [-0.05, 0) is 55.1 Å². The molecule has 0 saturated carbocycles. The van der Waals surface area contributed by atoms with Crippen LogP contribution in [0.15, 0.2) is 46.5 Å². The van der Waals surface area contributed by atoms with Crippen LogP contribution in [0.3, 0.4) is 0 Å². The first kappa shape index (κ1) is 20.1. The van der Waals surface area contributed by atoms with E-state index in [1.807, 2.05) is 22.9 Å². The lowest BCUT2D eigenvalue weighted by Crippen LogP contribution is -2.37. The molecule has 5 nitrogen and oxygen atoms in total. The Hall–Kier alpha value is -2.22. The molecule has 3 aromatic rings. The summed E-state index contributed by atoms with van der Waals surface area (Å²) in [5.41, 5.74) is 3.13. The zero-order chi connectivity index (χ0) is 20.1. The molecule has 29 heavy (non-hydrogen) atoms. The molecule has 0 aliphatic carbocycles. The molecule has 0 bridgehead atoms. The number of hydrogen-bond donors (Lipinski definition) is 1. The summed E-state index contributed by atoms with van der Waals surface area (Å²) in [6.45, 7) is 2.72. The minimum absolute atomic E-state index is 0.0132. The van der Waals surface area contributed by atoms with Crippen LogP contribution in [0.2, 0.25) is 0 Å². The number of rotatable bonds is 8. The van der Waals surface area contributed by atoms with Crippen molar-refractivity contribution in [2.24, 2.45) is 0 Å². The average molecular weight is 428 g/mol. The predicted molar refractivity (Wildman–Crippen MR) is 119 cm³/mol. The van der Waals surface area contributed by atoms with Gasteiger partial charge in [0.05, 0.1) is 25.3 Å². The monoisotopic (exact) mass is 427 g/mol. The highest BCUT2D eigenvalue weighted by molar-refractivity contribution is 7.14. The molecule has 0 radical (unpaired) electrons. The number of ether oxygens (including phenoxy) is 1. The lowest BCUT2D eigenvalue weighted by molar-refractivity contribution is -0.120. The summed E-state index contributed by atoms with van der Waals surface area (Å²) in [7, 11) is 1.68. The second-order valence-corrected chi connectivity index (χ2v) is 8.81. The Morgan fingerprint density at radius 2 is 2.14 bits per heavy atom. The van der Waals surface area contributed by atoms with Gasteiger partial charge in [-0.25, -0.2) is 4.98 Å². The maximum atomic E-state index is 12.6. The number of nitrogens with one attached hydrogen (secondary N) is 1. The SMILES string of the molecule is COc1cccc(C(CNC(=O)Cc2csc(-c3ccsc3)n2)N2CCCC2)c1. The van der Waals surface area contributed by atoms with Crippen molar-refractivity contribution in [3.63, 3.8) is 0 Å². The van der Waals surface area contributed by atoms with Gasteiger partial charge in [0.1, 0.15) is 10.8 Å². The number of hydrogen-bond acceptors (Lipinski definition) is 6. The van der Waals surface area contributed by atoms with Crippen molar-refractivity contribution in [2.75, 3.05) is 26.7 Å². The number of benzene rings is 1. The number of carbonyl (C=O) groups is 1. The maximum Gasteiger partial charge on any atom is 0.226 e. The van der Waals surface area contributed by atoms with Crippen LogP contribution < -0.4 is 10.1 Å². The van der Waals surface area contributed by atoms with E-state index in [-0.39, 0.29) is 11.9 Å². The molecule has 0 spiro atoms. The summed E-state index contributed by atoms with van der Waals surface area (Å²) in [6.07, 6.45) is 2.72. The lowest BCUT2D eigenvalue weighted by atomic mass is 10.0. The number of likely N-dealkylation sites (tertiary alicyclic amines) is 1. The number of thiophene rings is 1. The van der Waals surface area contributed by atoms with Crippen LogP contribution in [0, 0.1) is 0 Å². The highest BCUT2D eigenvalue weighted by Crippen LogP contribution is 2.28. The highest BCUT2D eigenvalue weighted by atomic mass is 32.1. The minimum atomic E-state index is 0.0132. The van der Waals surface area contributed by atoms with Gasteiger partial charge in [-0.3, -0.25) is 9.69 Å². The molecule has 1 aliphatic rings. The summed E-state index contributed by atoms with van der Waals surface area (Å²) in [4.78, 5) is 19.7. The van der Waals surface area contributed by atoms with E-state index in [1.54, 1.807) is 29.8 Å².